The highest BCUT2D eigenvalue weighted by Gasteiger charge is 2.40. The molecule has 3 rings (SSSR count). The Morgan fingerprint density at radius 3 is 2.67 bits per heavy atom. The lowest BCUT2D eigenvalue weighted by Crippen LogP contribution is -2.33. The van der Waals surface area contributed by atoms with Gasteiger partial charge in [0.1, 0.15) is 0 Å². The Labute approximate surface area is 112 Å². The fraction of sp³-hybridized carbons (Fsp3) is 0.692. The molecule has 0 aliphatic heterocycles. The minimum atomic E-state index is -0.0150. The van der Waals surface area contributed by atoms with Crippen LogP contribution in [0.2, 0.25) is 0 Å². The summed E-state index contributed by atoms with van der Waals surface area (Å²) in [7, 11) is 0. The maximum Gasteiger partial charge on any atom is 0.192 e. The number of hydrogen-bond donors (Lipinski definition) is 3. The minimum absolute atomic E-state index is 0.0150. The predicted molar refractivity (Wildman–Crippen MR) is 75.4 cm³/mol. The van der Waals surface area contributed by atoms with Gasteiger partial charge in [-0.05, 0) is 32.1 Å². The molecule has 0 unspecified atom stereocenters. The first-order valence-corrected chi connectivity index (χ1v) is 7.62. The van der Waals surface area contributed by atoms with Crippen LogP contribution in [-0.2, 0) is 11.8 Å². The summed E-state index contributed by atoms with van der Waals surface area (Å²) in [5, 5.41) is 11.0. The Morgan fingerprint density at radius 1 is 1.22 bits per heavy atom. The fourth-order valence-electron chi connectivity index (χ4n) is 3.53. The van der Waals surface area contributed by atoms with Crippen molar-refractivity contribution in [2.45, 2.75) is 56.8 Å². The molecular formula is C13H20N4S. The van der Waals surface area contributed by atoms with E-state index >= 15 is 0 Å². The van der Waals surface area contributed by atoms with E-state index in [0.717, 1.165) is 11.6 Å². The molecule has 2 aliphatic carbocycles. The summed E-state index contributed by atoms with van der Waals surface area (Å²) in [5.41, 5.74) is 7.06. The van der Waals surface area contributed by atoms with Gasteiger partial charge < -0.3 is 11.1 Å². The number of anilines is 1. The molecule has 1 aromatic heterocycles. The number of guanidine groups is 1. The second kappa shape index (κ2) is 4.53. The third-order valence-corrected chi connectivity index (χ3v) is 5.34. The summed E-state index contributed by atoms with van der Waals surface area (Å²) >= 11 is 1.69. The van der Waals surface area contributed by atoms with Crippen LogP contribution in [0.15, 0.2) is 0 Å². The van der Waals surface area contributed by atoms with Gasteiger partial charge in [-0.1, -0.05) is 19.3 Å². The standard InChI is InChI=1S/C13H20N4S/c14-11(15)17-12-16-10-9(18-12)5-4-8-13(10)6-2-1-3-7-13/h1-8H2,(H4,14,15,16,17). The Balaban J connectivity index is 1.94. The van der Waals surface area contributed by atoms with Crippen LogP contribution >= 0.6 is 11.3 Å². The molecule has 1 saturated carbocycles. The number of fused-ring (bicyclic) bond motifs is 2. The number of aromatic nitrogens is 1. The molecule has 0 bridgehead atoms. The van der Waals surface area contributed by atoms with Crippen molar-refractivity contribution in [2.75, 3.05) is 5.32 Å². The van der Waals surface area contributed by atoms with E-state index in [-0.39, 0.29) is 5.96 Å². The van der Waals surface area contributed by atoms with Crippen LogP contribution in [0.4, 0.5) is 5.13 Å². The monoisotopic (exact) mass is 264 g/mol. The second-order valence-electron chi connectivity index (χ2n) is 5.52. The third kappa shape index (κ3) is 2.00. The first-order chi connectivity index (χ1) is 8.70. The molecule has 4 nitrogen and oxygen atoms in total. The molecule has 1 fully saturated rings. The second-order valence-corrected chi connectivity index (χ2v) is 6.61. The molecule has 1 spiro atoms. The molecule has 0 saturated heterocycles. The van der Waals surface area contributed by atoms with E-state index < -0.39 is 0 Å². The van der Waals surface area contributed by atoms with Gasteiger partial charge >= 0.3 is 0 Å². The number of aryl methyl sites for hydroxylation is 1. The summed E-state index contributed by atoms with van der Waals surface area (Å²) in [6, 6.07) is 0. The van der Waals surface area contributed by atoms with Crippen molar-refractivity contribution < 1.29 is 0 Å². The number of nitrogens with two attached hydrogens (primary N) is 1. The van der Waals surface area contributed by atoms with E-state index in [2.05, 4.69) is 5.32 Å². The van der Waals surface area contributed by atoms with Gasteiger partial charge in [-0.2, -0.15) is 0 Å². The first-order valence-electron chi connectivity index (χ1n) is 6.81. The lowest BCUT2D eigenvalue weighted by atomic mass is 9.66. The van der Waals surface area contributed by atoms with E-state index in [4.69, 9.17) is 16.1 Å². The fourth-order valence-corrected chi connectivity index (χ4v) is 4.66. The van der Waals surface area contributed by atoms with Gasteiger partial charge in [-0.25, -0.2) is 4.98 Å². The predicted octanol–water partition coefficient (Wildman–Crippen LogP) is 2.99. The summed E-state index contributed by atoms with van der Waals surface area (Å²) in [6.45, 7) is 0. The number of nitrogens with one attached hydrogen (secondary N) is 2. The molecule has 4 N–H and O–H groups in total. The summed E-state index contributed by atoms with van der Waals surface area (Å²) in [5.74, 6) is -0.0150. The van der Waals surface area contributed by atoms with Crippen LogP contribution in [0, 0.1) is 5.41 Å². The van der Waals surface area contributed by atoms with E-state index in [1.807, 2.05) is 0 Å². The third-order valence-electron chi connectivity index (χ3n) is 4.31. The summed E-state index contributed by atoms with van der Waals surface area (Å²) in [6.07, 6.45) is 10.4. The molecular weight excluding hydrogens is 244 g/mol. The average Bonchev–Trinajstić information content (AvgIpc) is 2.74. The maximum absolute atomic E-state index is 7.31. The van der Waals surface area contributed by atoms with Crippen LogP contribution in [-0.4, -0.2) is 10.9 Å². The maximum atomic E-state index is 7.31. The molecule has 0 aromatic carbocycles. The van der Waals surface area contributed by atoms with E-state index in [1.54, 1.807) is 11.3 Å². The molecule has 2 aliphatic rings. The van der Waals surface area contributed by atoms with Crippen LogP contribution in [0.3, 0.4) is 0 Å². The highest BCUT2D eigenvalue weighted by Crippen LogP contribution is 2.48. The van der Waals surface area contributed by atoms with Gasteiger partial charge in [-0.3, -0.25) is 5.41 Å². The van der Waals surface area contributed by atoms with Gasteiger partial charge in [0.2, 0.25) is 0 Å². The number of nitrogens with zero attached hydrogens (tertiary/aromatic N) is 1. The Morgan fingerprint density at radius 2 is 1.94 bits per heavy atom. The normalized spacial score (nSPS) is 21.6. The van der Waals surface area contributed by atoms with Gasteiger partial charge in [0, 0.05) is 10.3 Å². The van der Waals surface area contributed by atoms with Crippen molar-refractivity contribution in [3.63, 3.8) is 0 Å². The number of hydrogen-bond acceptors (Lipinski definition) is 3. The lowest BCUT2D eigenvalue weighted by molar-refractivity contribution is 0.251. The quantitative estimate of drug-likeness (QED) is 0.539. The van der Waals surface area contributed by atoms with Gasteiger partial charge in [0.15, 0.2) is 11.1 Å². The van der Waals surface area contributed by atoms with Crippen LogP contribution in [0.25, 0.3) is 0 Å². The van der Waals surface area contributed by atoms with Gasteiger partial charge in [-0.15, -0.1) is 11.3 Å². The summed E-state index contributed by atoms with van der Waals surface area (Å²) in [4.78, 5) is 6.18. The summed E-state index contributed by atoms with van der Waals surface area (Å²) < 4.78 is 0. The SMILES string of the molecule is N=C(N)Nc1nc2c(s1)CCCC21CCCCC1. The zero-order valence-corrected chi connectivity index (χ0v) is 11.4. The van der Waals surface area contributed by atoms with Crippen LogP contribution < -0.4 is 11.1 Å². The molecule has 98 valence electrons. The topological polar surface area (TPSA) is 74.8 Å². The Bertz CT molecular complexity index is 460. The Kier molecular flexibility index (Phi) is 3.01. The molecule has 1 heterocycles. The molecule has 0 radical (unpaired) electrons. The average molecular weight is 264 g/mol. The van der Waals surface area contributed by atoms with Crippen LogP contribution in [0.1, 0.15) is 55.5 Å². The molecule has 1 aromatic rings. The minimum Gasteiger partial charge on any atom is -0.370 e. The highest BCUT2D eigenvalue weighted by molar-refractivity contribution is 7.15. The molecule has 0 amide bonds. The van der Waals surface area contributed by atoms with Crippen molar-refractivity contribution >= 4 is 22.4 Å². The van der Waals surface area contributed by atoms with Crippen molar-refractivity contribution in [3.05, 3.63) is 10.6 Å². The van der Waals surface area contributed by atoms with Crippen molar-refractivity contribution in [1.29, 1.82) is 5.41 Å². The molecule has 18 heavy (non-hydrogen) atoms. The molecule has 5 heteroatoms. The number of rotatable bonds is 1. The zero-order chi connectivity index (χ0) is 12.6. The first kappa shape index (κ1) is 12.0. The van der Waals surface area contributed by atoms with Crippen LogP contribution in [0.5, 0.6) is 0 Å². The van der Waals surface area contributed by atoms with Crippen molar-refractivity contribution in [3.8, 4) is 0 Å². The smallest absolute Gasteiger partial charge is 0.192 e. The zero-order valence-electron chi connectivity index (χ0n) is 10.6. The Hall–Kier alpha value is -1.10. The van der Waals surface area contributed by atoms with E-state index in [0.29, 0.717) is 5.41 Å². The van der Waals surface area contributed by atoms with Crippen molar-refractivity contribution in [1.82, 2.24) is 4.98 Å². The van der Waals surface area contributed by atoms with Gasteiger partial charge in [0.05, 0.1) is 5.69 Å². The highest BCUT2D eigenvalue weighted by atomic mass is 32.1. The molecule has 0 atom stereocenters. The largest absolute Gasteiger partial charge is 0.370 e. The van der Waals surface area contributed by atoms with Gasteiger partial charge in [0.25, 0.3) is 0 Å². The van der Waals surface area contributed by atoms with Crippen molar-refractivity contribution in [2.24, 2.45) is 5.73 Å². The van der Waals surface area contributed by atoms with E-state index in [9.17, 15) is 0 Å². The lowest BCUT2D eigenvalue weighted by Gasteiger charge is -2.39. The number of thiazole rings is 1. The van der Waals surface area contributed by atoms with E-state index in [1.165, 1.54) is 55.5 Å².